The number of nitrogens with zero attached hydrogens (tertiary/aromatic N) is 2. The van der Waals surface area contributed by atoms with Gasteiger partial charge in [-0.2, -0.15) is 5.10 Å². The van der Waals surface area contributed by atoms with Gasteiger partial charge in [0.15, 0.2) is 0 Å². The van der Waals surface area contributed by atoms with Crippen LogP contribution in [0, 0.1) is 0 Å². The Hall–Kier alpha value is -1.13. The second-order valence-electron chi connectivity index (χ2n) is 4.62. The van der Waals surface area contributed by atoms with Gasteiger partial charge >= 0.3 is 0 Å². The van der Waals surface area contributed by atoms with Gasteiger partial charge in [0.25, 0.3) is 0 Å². The summed E-state index contributed by atoms with van der Waals surface area (Å²) in [5.41, 5.74) is 2.58. The Labute approximate surface area is 105 Å². The molecule has 1 N–H and O–H groups in total. The summed E-state index contributed by atoms with van der Waals surface area (Å²) in [4.78, 5) is 1.33. The molecule has 90 valence electrons. The van der Waals surface area contributed by atoms with E-state index in [-0.39, 0.29) is 0 Å². The maximum absolute atomic E-state index is 4.67. The first-order chi connectivity index (χ1) is 8.34. The molecule has 0 radical (unpaired) electrons. The van der Waals surface area contributed by atoms with Crippen LogP contribution in [0.2, 0.25) is 0 Å². The van der Waals surface area contributed by atoms with Crippen molar-refractivity contribution in [3.63, 3.8) is 0 Å². The average molecular weight is 247 g/mol. The molecule has 1 unspecified atom stereocenters. The minimum atomic E-state index is 0.571. The molecule has 3 heterocycles. The van der Waals surface area contributed by atoms with Crippen LogP contribution in [0.1, 0.15) is 24.5 Å². The Morgan fingerprint density at radius 2 is 2.47 bits per heavy atom. The molecule has 0 saturated carbocycles. The predicted molar refractivity (Wildman–Crippen MR) is 71.4 cm³/mol. The quantitative estimate of drug-likeness (QED) is 0.884. The molecule has 1 saturated heterocycles. The summed E-state index contributed by atoms with van der Waals surface area (Å²) in [5, 5.41) is 10.3. The molecule has 1 aliphatic heterocycles. The minimum Gasteiger partial charge on any atom is -0.316 e. The molecule has 2 aromatic rings. The van der Waals surface area contributed by atoms with Crippen molar-refractivity contribution in [3.8, 4) is 10.4 Å². The van der Waals surface area contributed by atoms with Gasteiger partial charge in [-0.3, -0.25) is 4.68 Å². The van der Waals surface area contributed by atoms with Gasteiger partial charge in [0, 0.05) is 36.1 Å². The first-order valence-electron chi connectivity index (χ1n) is 6.13. The number of nitrogens with one attached hydrogen (secondary N) is 1. The Morgan fingerprint density at radius 1 is 1.53 bits per heavy atom. The van der Waals surface area contributed by atoms with Crippen molar-refractivity contribution in [2.45, 2.75) is 18.8 Å². The summed E-state index contributed by atoms with van der Waals surface area (Å²) in [6, 6.07) is 4.29. The molecule has 3 rings (SSSR count). The first kappa shape index (κ1) is 11.0. The molecule has 0 bridgehead atoms. The number of thiophene rings is 1. The zero-order valence-electron chi connectivity index (χ0n) is 10.0. The Bertz CT molecular complexity index is 481. The highest BCUT2D eigenvalue weighted by molar-refractivity contribution is 7.13. The summed E-state index contributed by atoms with van der Waals surface area (Å²) in [7, 11) is 2.01. The molecule has 0 amide bonds. The van der Waals surface area contributed by atoms with Crippen LogP contribution in [-0.4, -0.2) is 22.9 Å². The van der Waals surface area contributed by atoms with Crippen LogP contribution in [0.4, 0.5) is 0 Å². The fraction of sp³-hybridized carbons (Fsp3) is 0.462. The van der Waals surface area contributed by atoms with Gasteiger partial charge in [0.1, 0.15) is 0 Å². The highest BCUT2D eigenvalue weighted by Crippen LogP contribution is 2.33. The van der Waals surface area contributed by atoms with E-state index in [1.165, 1.54) is 29.0 Å². The van der Waals surface area contributed by atoms with Crippen LogP contribution < -0.4 is 5.32 Å². The SMILES string of the molecule is Cn1cc(-c2cccs2)c(C2CCCNC2)n1. The van der Waals surface area contributed by atoms with Crippen LogP contribution in [0.15, 0.2) is 23.7 Å². The largest absolute Gasteiger partial charge is 0.316 e. The Kier molecular flexibility index (Phi) is 2.99. The summed E-state index contributed by atoms with van der Waals surface area (Å²) < 4.78 is 1.94. The number of piperidine rings is 1. The van der Waals surface area contributed by atoms with E-state index in [9.17, 15) is 0 Å². The highest BCUT2D eigenvalue weighted by atomic mass is 32.1. The summed E-state index contributed by atoms with van der Waals surface area (Å²) in [6.07, 6.45) is 4.66. The maximum Gasteiger partial charge on any atom is 0.0754 e. The zero-order chi connectivity index (χ0) is 11.7. The molecule has 0 spiro atoms. The van der Waals surface area contributed by atoms with Crippen molar-refractivity contribution in [3.05, 3.63) is 29.4 Å². The molecule has 17 heavy (non-hydrogen) atoms. The smallest absolute Gasteiger partial charge is 0.0754 e. The number of aromatic nitrogens is 2. The third-order valence-corrected chi connectivity index (χ3v) is 4.23. The van der Waals surface area contributed by atoms with Crippen LogP contribution >= 0.6 is 11.3 Å². The lowest BCUT2D eigenvalue weighted by molar-refractivity contribution is 0.452. The molecular formula is C13H17N3S. The molecule has 0 aromatic carbocycles. The highest BCUT2D eigenvalue weighted by Gasteiger charge is 2.22. The van der Waals surface area contributed by atoms with Gasteiger partial charge in [0.2, 0.25) is 0 Å². The number of hydrogen-bond donors (Lipinski definition) is 1. The molecule has 0 aliphatic carbocycles. The molecule has 3 nitrogen and oxygen atoms in total. The van der Waals surface area contributed by atoms with E-state index in [1.54, 1.807) is 11.3 Å². The summed E-state index contributed by atoms with van der Waals surface area (Å²) >= 11 is 1.79. The zero-order valence-corrected chi connectivity index (χ0v) is 10.8. The summed E-state index contributed by atoms with van der Waals surface area (Å²) in [5.74, 6) is 0.571. The van der Waals surface area contributed by atoms with E-state index in [0.29, 0.717) is 5.92 Å². The molecule has 1 fully saturated rings. The van der Waals surface area contributed by atoms with E-state index >= 15 is 0 Å². The number of aryl methyl sites for hydroxylation is 1. The van der Waals surface area contributed by atoms with Crippen molar-refractivity contribution in [2.75, 3.05) is 13.1 Å². The van der Waals surface area contributed by atoms with Gasteiger partial charge in [-0.25, -0.2) is 0 Å². The average Bonchev–Trinajstić information content (AvgIpc) is 2.98. The second kappa shape index (κ2) is 4.63. The van der Waals surface area contributed by atoms with Gasteiger partial charge in [-0.1, -0.05) is 6.07 Å². The van der Waals surface area contributed by atoms with Crippen molar-refractivity contribution >= 4 is 11.3 Å². The summed E-state index contributed by atoms with van der Waals surface area (Å²) in [6.45, 7) is 2.22. The lowest BCUT2D eigenvalue weighted by Gasteiger charge is -2.21. The van der Waals surface area contributed by atoms with Crippen LogP contribution in [-0.2, 0) is 7.05 Å². The monoisotopic (exact) mass is 247 g/mol. The van der Waals surface area contributed by atoms with Crippen LogP contribution in [0.3, 0.4) is 0 Å². The van der Waals surface area contributed by atoms with E-state index in [1.807, 2.05) is 11.7 Å². The fourth-order valence-corrected chi connectivity index (χ4v) is 3.26. The topological polar surface area (TPSA) is 29.9 Å². The molecule has 1 aliphatic rings. The Morgan fingerprint density at radius 3 is 3.18 bits per heavy atom. The molecule has 4 heteroatoms. The van der Waals surface area contributed by atoms with Gasteiger partial charge in [0.05, 0.1) is 5.69 Å². The van der Waals surface area contributed by atoms with Crippen molar-refractivity contribution in [1.29, 1.82) is 0 Å². The fourth-order valence-electron chi connectivity index (χ4n) is 2.51. The molecular weight excluding hydrogens is 230 g/mol. The lowest BCUT2D eigenvalue weighted by Crippen LogP contribution is -2.28. The second-order valence-corrected chi connectivity index (χ2v) is 5.57. The number of hydrogen-bond acceptors (Lipinski definition) is 3. The standard InChI is InChI=1S/C13H17N3S/c1-16-9-11(12-5-3-7-17-12)13(15-16)10-4-2-6-14-8-10/h3,5,7,9-10,14H,2,4,6,8H2,1H3. The van der Waals surface area contributed by atoms with Gasteiger partial charge < -0.3 is 5.32 Å². The maximum atomic E-state index is 4.67. The van der Waals surface area contributed by atoms with E-state index in [4.69, 9.17) is 0 Å². The first-order valence-corrected chi connectivity index (χ1v) is 7.00. The minimum absolute atomic E-state index is 0.571. The van der Waals surface area contributed by atoms with Crippen LogP contribution in [0.25, 0.3) is 10.4 Å². The molecule has 2 aromatic heterocycles. The van der Waals surface area contributed by atoms with Crippen molar-refractivity contribution < 1.29 is 0 Å². The van der Waals surface area contributed by atoms with E-state index in [0.717, 1.165) is 13.1 Å². The normalized spacial score (nSPS) is 20.6. The molecule has 1 atom stereocenters. The van der Waals surface area contributed by atoms with E-state index in [2.05, 4.69) is 34.1 Å². The van der Waals surface area contributed by atoms with Crippen molar-refractivity contribution in [1.82, 2.24) is 15.1 Å². The predicted octanol–water partition coefficient (Wildman–Crippen LogP) is 2.62. The Balaban J connectivity index is 1.98. The lowest BCUT2D eigenvalue weighted by atomic mass is 9.93. The third-order valence-electron chi connectivity index (χ3n) is 3.33. The third kappa shape index (κ3) is 2.15. The van der Waals surface area contributed by atoms with Crippen LogP contribution in [0.5, 0.6) is 0 Å². The van der Waals surface area contributed by atoms with Gasteiger partial charge in [-0.15, -0.1) is 11.3 Å². The number of rotatable bonds is 2. The van der Waals surface area contributed by atoms with Crippen molar-refractivity contribution in [2.24, 2.45) is 7.05 Å². The van der Waals surface area contributed by atoms with Gasteiger partial charge in [-0.05, 0) is 30.8 Å². The van der Waals surface area contributed by atoms with E-state index < -0.39 is 0 Å².